The van der Waals surface area contributed by atoms with Crippen molar-refractivity contribution in [3.63, 3.8) is 0 Å². The molecule has 1 fully saturated rings. The Morgan fingerprint density at radius 1 is 1.24 bits per heavy atom. The summed E-state index contributed by atoms with van der Waals surface area (Å²) in [5.74, 6) is -0.315. The molecule has 2 rings (SSSR count). The number of urea groups is 1. The van der Waals surface area contributed by atoms with Gasteiger partial charge in [0.2, 0.25) is 0 Å². The van der Waals surface area contributed by atoms with Gasteiger partial charge >= 0.3 is 12.0 Å². The SMILES string of the molecule is CN(C(=O)N1CCC(CCC(=O)O)CC1)c1ccccc1. The van der Waals surface area contributed by atoms with E-state index in [-0.39, 0.29) is 12.5 Å². The minimum Gasteiger partial charge on any atom is -0.481 e. The zero-order chi connectivity index (χ0) is 15.2. The minimum absolute atomic E-state index is 0.0119. The quantitative estimate of drug-likeness (QED) is 0.927. The molecule has 0 spiro atoms. The lowest BCUT2D eigenvalue weighted by Crippen LogP contribution is -2.45. The van der Waals surface area contributed by atoms with Gasteiger partial charge in [0.05, 0.1) is 0 Å². The number of likely N-dealkylation sites (tertiary alicyclic amines) is 1. The summed E-state index contributed by atoms with van der Waals surface area (Å²) in [7, 11) is 1.79. The van der Waals surface area contributed by atoms with Crippen molar-refractivity contribution in [1.29, 1.82) is 0 Å². The molecule has 1 aromatic rings. The number of benzene rings is 1. The summed E-state index contributed by atoms with van der Waals surface area (Å²) in [6.07, 6.45) is 2.72. The lowest BCUT2D eigenvalue weighted by atomic mass is 9.92. The third kappa shape index (κ3) is 4.21. The van der Waals surface area contributed by atoms with Crippen LogP contribution < -0.4 is 4.90 Å². The lowest BCUT2D eigenvalue weighted by Gasteiger charge is -2.34. The van der Waals surface area contributed by atoms with Crippen molar-refractivity contribution in [1.82, 2.24) is 4.90 Å². The Kier molecular flexibility index (Phi) is 5.20. The molecule has 1 N–H and O–H groups in total. The predicted molar refractivity (Wildman–Crippen MR) is 81.4 cm³/mol. The van der Waals surface area contributed by atoms with E-state index in [1.165, 1.54) is 0 Å². The van der Waals surface area contributed by atoms with Gasteiger partial charge in [-0.15, -0.1) is 0 Å². The average Bonchev–Trinajstić information content (AvgIpc) is 2.53. The topological polar surface area (TPSA) is 60.9 Å². The van der Waals surface area contributed by atoms with E-state index in [2.05, 4.69) is 0 Å². The van der Waals surface area contributed by atoms with E-state index in [1.807, 2.05) is 35.2 Å². The first-order valence-corrected chi connectivity index (χ1v) is 7.37. The number of para-hydroxylation sites is 1. The minimum atomic E-state index is -0.739. The molecule has 0 bridgehead atoms. The molecule has 2 amide bonds. The van der Waals surface area contributed by atoms with Crippen LogP contribution in [-0.4, -0.2) is 42.1 Å². The van der Waals surface area contributed by atoms with Crippen LogP contribution in [0, 0.1) is 5.92 Å². The molecule has 1 saturated heterocycles. The van der Waals surface area contributed by atoms with Crippen LogP contribution in [0.2, 0.25) is 0 Å². The monoisotopic (exact) mass is 290 g/mol. The van der Waals surface area contributed by atoms with Crippen molar-refractivity contribution in [2.75, 3.05) is 25.0 Å². The van der Waals surface area contributed by atoms with Gasteiger partial charge in [0.15, 0.2) is 0 Å². The lowest BCUT2D eigenvalue weighted by molar-refractivity contribution is -0.137. The summed E-state index contributed by atoms with van der Waals surface area (Å²) in [4.78, 5) is 26.5. The molecule has 1 aliphatic heterocycles. The number of carboxylic acid groups (broad SMARTS) is 1. The number of amides is 2. The van der Waals surface area contributed by atoms with Crippen LogP contribution in [0.1, 0.15) is 25.7 Å². The Balaban J connectivity index is 1.84. The Labute approximate surface area is 125 Å². The number of carbonyl (C=O) groups excluding carboxylic acids is 1. The molecule has 21 heavy (non-hydrogen) atoms. The van der Waals surface area contributed by atoms with Crippen LogP contribution in [0.5, 0.6) is 0 Å². The average molecular weight is 290 g/mol. The zero-order valence-electron chi connectivity index (χ0n) is 12.4. The second-order valence-corrected chi connectivity index (χ2v) is 5.54. The Morgan fingerprint density at radius 2 is 1.86 bits per heavy atom. The van der Waals surface area contributed by atoms with E-state index in [1.54, 1.807) is 11.9 Å². The molecule has 0 aliphatic carbocycles. The molecule has 1 aromatic carbocycles. The number of hydrogen-bond acceptors (Lipinski definition) is 2. The first-order chi connectivity index (χ1) is 10.1. The summed E-state index contributed by atoms with van der Waals surface area (Å²) < 4.78 is 0. The molecule has 114 valence electrons. The van der Waals surface area contributed by atoms with E-state index in [4.69, 9.17) is 5.11 Å². The molecule has 0 saturated carbocycles. The van der Waals surface area contributed by atoms with Crippen molar-refractivity contribution in [2.45, 2.75) is 25.7 Å². The smallest absolute Gasteiger partial charge is 0.324 e. The molecule has 0 radical (unpaired) electrons. The van der Waals surface area contributed by atoms with Gasteiger partial charge < -0.3 is 10.0 Å². The number of anilines is 1. The largest absolute Gasteiger partial charge is 0.481 e. The number of piperidine rings is 1. The van der Waals surface area contributed by atoms with Crippen LogP contribution in [0.15, 0.2) is 30.3 Å². The fourth-order valence-corrected chi connectivity index (χ4v) is 2.71. The molecule has 1 aliphatic rings. The predicted octanol–water partition coefficient (Wildman–Crippen LogP) is 2.82. The molecule has 5 nitrogen and oxygen atoms in total. The van der Waals surface area contributed by atoms with Crippen molar-refractivity contribution < 1.29 is 14.7 Å². The normalized spacial score (nSPS) is 15.8. The number of nitrogens with zero attached hydrogens (tertiary/aromatic N) is 2. The van der Waals surface area contributed by atoms with E-state index >= 15 is 0 Å². The Bertz CT molecular complexity index is 482. The fourth-order valence-electron chi connectivity index (χ4n) is 2.71. The van der Waals surface area contributed by atoms with Crippen LogP contribution in [0.4, 0.5) is 10.5 Å². The van der Waals surface area contributed by atoms with E-state index in [0.717, 1.165) is 18.5 Å². The number of aliphatic carboxylic acids is 1. The highest BCUT2D eigenvalue weighted by Gasteiger charge is 2.25. The molecule has 0 unspecified atom stereocenters. The maximum atomic E-state index is 12.4. The third-order valence-electron chi connectivity index (χ3n) is 4.08. The van der Waals surface area contributed by atoms with E-state index in [0.29, 0.717) is 25.4 Å². The van der Waals surface area contributed by atoms with Gasteiger partial charge in [0.1, 0.15) is 0 Å². The van der Waals surface area contributed by atoms with Crippen molar-refractivity contribution in [3.8, 4) is 0 Å². The molecular weight excluding hydrogens is 268 g/mol. The second-order valence-electron chi connectivity index (χ2n) is 5.54. The first-order valence-electron chi connectivity index (χ1n) is 7.37. The molecule has 0 atom stereocenters. The fraction of sp³-hybridized carbons (Fsp3) is 0.500. The molecule has 5 heteroatoms. The number of rotatable bonds is 4. The van der Waals surface area contributed by atoms with Gasteiger partial charge in [0, 0.05) is 32.2 Å². The highest BCUT2D eigenvalue weighted by atomic mass is 16.4. The van der Waals surface area contributed by atoms with Gasteiger partial charge in [-0.3, -0.25) is 9.69 Å². The van der Waals surface area contributed by atoms with Gasteiger partial charge in [-0.2, -0.15) is 0 Å². The van der Waals surface area contributed by atoms with Gasteiger partial charge in [-0.1, -0.05) is 18.2 Å². The maximum Gasteiger partial charge on any atom is 0.324 e. The van der Waals surface area contributed by atoms with Crippen molar-refractivity contribution in [2.24, 2.45) is 5.92 Å². The van der Waals surface area contributed by atoms with Crippen LogP contribution in [0.3, 0.4) is 0 Å². The zero-order valence-corrected chi connectivity index (χ0v) is 12.4. The number of carbonyl (C=O) groups is 2. The second kappa shape index (κ2) is 7.11. The number of carboxylic acids is 1. The molecular formula is C16H22N2O3. The van der Waals surface area contributed by atoms with Crippen molar-refractivity contribution in [3.05, 3.63) is 30.3 Å². The summed E-state index contributed by atoms with van der Waals surface area (Å²) in [5.41, 5.74) is 0.885. The highest BCUT2D eigenvalue weighted by Crippen LogP contribution is 2.23. The van der Waals surface area contributed by atoms with Crippen LogP contribution >= 0.6 is 0 Å². The van der Waals surface area contributed by atoms with Gasteiger partial charge in [-0.05, 0) is 37.3 Å². The van der Waals surface area contributed by atoms with Gasteiger partial charge in [0.25, 0.3) is 0 Å². The van der Waals surface area contributed by atoms with Gasteiger partial charge in [-0.25, -0.2) is 4.79 Å². The Morgan fingerprint density at radius 3 is 2.43 bits per heavy atom. The summed E-state index contributed by atoms with van der Waals surface area (Å²) in [6, 6.07) is 9.59. The Hall–Kier alpha value is -2.04. The molecule has 1 heterocycles. The van der Waals surface area contributed by atoms with Crippen LogP contribution in [-0.2, 0) is 4.79 Å². The molecule has 0 aromatic heterocycles. The number of hydrogen-bond donors (Lipinski definition) is 1. The first kappa shape index (κ1) is 15.4. The highest BCUT2D eigenvalue weighted by molar-refractivity contribution is 5.91. The van der Waals surface area contributed by atoms with Crippen molar-refractivity contribution >= 4 is 17.7 Å². The van der Waals surface area contributed by atoms with Crippen LogP contribution in [0.25, 0.3) is 0 Å². The summed E-state index contributed by atoms with van der Waals surface area (Å²) >= 11 is 0. The third-order valence-corrected chi connectivity index (χ3v) is 4.08. The maximum absolute atomic E-state index is 12.4. The van der Waals surface area contributed by atoms with E-state index < -0.39 is 5.97 Å². The summed E-state index contributed by atoms with van der Waals surface area (Å²) in [6.45, 7) is 1.42. The summed E-state index contributed by atoms with van der Waals surface area (Å²) in [5, 5.41) is 8.71. The standard InChI is InChI=1S/C16H22N2O3/c1-17(14-5-3-2-4-6-14)16(21)18-11-9-13(10-12-18)7-8-15(19)20/h2-6,13H,7-12H2,1H3,(H,19,20). The van der Waals surface area contributed by atoms with E-state index in [9.17, 15) is 9.59 Å².